The lowest BCUT2D eigenvalue weighted by Crippen LogP contribution is -2.29. The number of hydrogen-bond acceptors (Lipinski definition) is 3. The molecule has 132 valence electrons. The summed E-state index contributed by atoms with van der Waals surface area (Å²) in [5, 5.41) is 0. The molecular weight excluding hydrogens is 338 g/mol. The number of amides is 2. The van der Waals surface area contributed by atoms with E-state index in [1.165, 1.54) is 4.90 Å². The smallest absolute Gasteiger partial charge is 0.266 e. The summed E-state index contributed by atoms with van der Waals surface area (Å²) >= 11 is 0. The Morgan fingerprint density at radius 2 is 1.41 bits per heavy atom. The zero-order valence-electron chi connectivity index (χ0n) is 14.8. The minimum absolute atomic E-state index is 0.321. The molecule has 0 bridgehead atoms. The van der Waals surface area contributed by atoms with Crippen LogP contribution in [-0.2, 0) is 0 Å². The standard InChI is InChI=1S/C23H17NO3/c1-3-16-6-13-20-21(14-16)23(26)24(22(20)25)17-7-11-19(12-8-17)27-18-9-4-15(2)5-10-18/h3-14H,1H2,2H3. The highest BCUT2D eigenvalue weighted by molar-refractivity contribution is 6.34. The molecule has 0 aromatic heterocycles. The number of anilines is 1. The van der Waals surface area contributed by atoms with Gasteiger partial charge in [-0.3, -0.25) is 9.59 Å². The minimum atomic E-state index is -0.328. The molecular formula is C23H17NO3. The van der Waals surface area contributed by atoms with E-state index in [1.54, 1.807) is 48.5 Å². The van der Waals surface area contributed by atoms with Crippen LogP contribution in [0.3, 0.4) is 0 Å². The molecule has 3 aromatic rings. The van der Waals surface area contributed by atoms with Crippen LogP contribution in [0.25, 0.3) is 6.08 Å². The van der Waals surface area contributed by atoms with Gasteiger partial charge in [0.1, 0.15) is 11.5 Å². The molecule has 4 rings (SSSR count). The second-order valence-corrected chi connectivity index (χ2v) is 6.36. The lowest BCUT2D eigenvalue weighted by molar-refractivity contribution is 0.0926. The van der Waals surface area contributed by atoms with Crippen molar-refractivity contribution < 1.29 is 14.3 Å². The third kappa shape index (κ3) is 3.02. The first-order valence-corrected chi connectivity index (χ1v) is 8.57. The maximum absolute atomic E-state index is 12.7. The highest BCUT2D eigenvalue weighted by Crippen LogP contribution is 2.31. The van der Waals surface area contributed by atoms with Crippen molar-refractivity contribution in [1.29, 1.82) is 0 Å². The van der Waals surface area contributed by atoms with E-state index in [0.29, 0.717) is 22.6 Å². The van der Waals surface area contributed by atoms with Crippen LogP contribution >= 0.6 is 0 Å². The second-order valence-electron chi connectivity index (χ2n) is 6.36. The number of nitrogens with zero attached hydrogens (tertiary/aromatic N) is 1. The topological polar surface area (TPSA) is 46.6 Å². The molecule has 0 saturated heterocycles. The van der Waals surface area contributed by atoms with Gasteiger partial charge in [-0.1, -0.05) is 36.4 Å². The van der Waals surface area contributed by atoms with E-state index < -0.39 is 0 Å². The van der Waals surface area contributed by atoms with Crippen LogP contribution in [0.15, 0.2) is 73.3 Å². The van der Waals surface area contributed by atoms with E-state index in [1.807, 2.05) is 31.2 Å². The van der Waals surface area contributed by atoms with Gasteiger partial charge in [-0.25, -0.2) is 4.90 Å². The van der Waals surface area contributed by atoms with Gasteiger partial charge in [-0.2, -0.15) is 0 Å². The molecule has 0 unspecified atom stereocenters. The Morgan fingerprint density at radius 3 is 2.04 bits per heavy atom. The van der Waals surface area contributed by atoms with Crippen LogP contribution in [0.5, 0.6) is 11.5 Å². The molecule has 2 amide bonds. The fraction of sp³-hybridized carbons (Fsp3) is 0.0435. The normalized spacial score (nSPS) is 12.9. The Hall–Kier alpha value is -3.66. The summed E-state index contributed by atoms with van der Waals surface area (Å²) in [7, 11) is 0. The zero-order chi connectivity index (χ0) is 19.0. The lowest BCUT2D eigenvalue weighted by Gasteiger charge is -2.14. The van der Waals surface area contributed by atoms with E-state index >= 15 is 0 Å². The first-order chi connectivity index (χ1) is 13.1. The second kappa shape index (κ2) is 6.57. The maximum Gasteiger partial charge on any atom is 0.266 e. The summed E-state index contributed by atoms with van der Waals surface area (Å²) in [6.07, 6.45) is 1.65. The maximum atomic E-state index is 12.7. The van der Waals surface area contributed by atoms with Crippen LogP contribution in [-0.4, -0.2) is 11.8 Å². The molecule has 0 N–H and O–H groups in total. The Labute approximate surface area is 157 Å². The molecule has 1 heterocycles. The van der Waals surface area contributed by atoms with Crippen LogP contribution in [0, 0.1) is 6.92 Å². The number of imide groups is 1. The Bertz CT molecular complexity index is 1050. The van der Waals surface area contributed by atoms with Crippen molar-refractivity contribution in [3.05, 3.63) is 95.6 Å². The summed E-state index contributed by atoms with van der Waals surface area (Å²) in [6.45, 7) is 5.72. The van der Waals surface area contributed by atoms with Gasteiger partial charge in [-0.15, -0.1) is 0 Å². The molecule has 4 nitrogen and oxygen atoms in total. The molecule has 0 radical (unpaired) electrons. The number of ether oxygens (including phenoxy) is 1. The SMILES string of the molecule is C=Cc1ccc2c(c1)C(=O)N(c1ccc(Oc3ccc(C)cc3)cc1)C2=O. The number of aryl methyl sites for hydroxylation is 1. The van der Waals surface area contributed by atoms with Crippen molar-refractivity contribution >= 4 is 23.6 Å². The van der Waals surface area contributed by atoms with Crippen molar-refractivity contribution in [2.24, 2.45) is 0 Å². The van der Waals surface area contributed by atoms with Crippen LogP contribution in [0.2, 0.25) is 0 Å². The van der Waals surface area contributed by atoms with E-state index in [4.69, 9.17) is 4.74 Å². The number of carbonyl (C=O) groups excluding carboxylic acids is 2. The van der Waals surface area contributed by atoms with Crippen molar-refractivity contribution in [1.82, 2.24) is 0 Å². The summed E-state index contributed by atoms with van der Waals surface area (Å²) in [6, 6.07) is 19.8. The van der Waals surface area contributed by atoms with E-state index in [2.05, 4.69) is 6.58 Å². The van der Waals surface area contributed by atoms with Crippen molar-refractivity contribution in [3.63, 3.8) is 0 Å². The van der Waals surface area contributed by atoms with Crippen molar-refractivity contribution in [2.75, 3.05) is 4.90 Å². The lowest BCUT2D eigenvalue weighted by atomic mass is 10.1. The fourth-order valence-corrected chi connectivity index (χ4v) is 3.03. The Balaban J connectivity index is 1.59. The summed E-state index contributed by atoms with van der Waals surface area (Å²) in [5.74, 6) is 0.711. The molecule has 0 fully saturated rings. The molecule has 4 heteroatoms. The van der Waals surface area contributed by atoms with E-state index in [9.17, 15) is 9.59 Å². The largest absolute Gasteiger partial charge is 0.457 e. The predicted octanol–water partition coefficient (Wildman–Crippen LogP) is 5.23. The number of hydrogen-bond donors (Lipinski definition) is 0. The van der Waals surface area contributed by atoms with Gasteiger partial charge >= 0.3 is 0 Å². The summed E-state index contributed by atoms with van der Waals surface area (Å²) in [4.78, 5) is 26.6. The quantitative estimate of drug-likeness (QED) is 0.602. The fourth-order valence-electron chi connectivity index (χ4n) is 3.03. The average molecular weight is 355 g/mol. The van der Waals surface area contributed by atoms with Gasteiger partial charge in [0.2, 0.25) is 0 Å². The molecule has 0 saturated carbocycles. The van der Waals surface area contributed by atoms with Gasteiger partial charge in [0, 0.05) is 0 Å². The van der Waals surface area contributed by atoms with Crippen molar-refractivity contribution in [2.45, 2.75) is 6.92 Å². The van der Waals surface area contributed by atoms with Gasteiger partial charge in [0.15, 0.2) is 0 Å². The van der Waals surface area contributed by atoms with Gasteiger partial charge in [0.25, 0.3) is 11.8 Å². The Kier molecular flexibility index (Phi) is 4.09. The van der Waals surface area contributed by atoms with Crippen molar-refractivity contribution in [3.8, 4) is 11.5 Å². The summed E-state index contributed by atoms with van der Waals surface area (Å²) in [5.41, 5.74) is 3.28. The molecule has 0 atom stereocenters. The van der Waals surface area contributed by atoms with Crippen LogP contribution < -0.4 is 9.64 Å². The molecule has 0 spiro atoms. The number of benzene rings is 3. The number of rotatable bonds is 4. The molecule has 3 aromatic carbocycles. The number of fused-ring (bicyclic) bond motifs is 1. The first kappa shape index (κ1) is 16.8. The van der Waals surface area contributed by atoms with Gasteiger partial charge in [0.05, 0.1) is 16.8 Å². The molecule has 27 heavy (non-hydrogen) atoms. The highest BCUT2D eigenvalue weighted by atomic mass is 16.5. The average Bonchev–Trinajstić information content (AvgIpc) is 2.94. The predicted molar refractivity (Wildman–Crippen MR) is 105 cm³/mol. The Morgan fingerprint density at radius 1 is 0.815 bits per heavy atom. The summed E-state index contributed by atoms with van der Waals surface area (Å²) < 4.78 is 5.80. The first-order valence-electron chi connectivity index (χ1n) is 8.57. The minimum Gasteiger partial charge on any atom is -0.457 e. The highest BCUT2D eigenvalue weighted by Gasteiger charge is 2.36. The zero-order valence-corrected chi connectivity index (χ0v) is 14.8. The van der Waals surface area contributed by atoms with Crippen LogP contribution in [0.4, 0.5) is 5.69 Å². The van der Waals surface area contributed by atoms with Crippen LogP contribution in [0.1, 0.15) is 31.8 Å². The van der Waals surface area contributed by atoms with Gasteiger partial charge < -0.3 is 4.74 Å². The molecule has 1 aliphatic rings. The van der Waals surface area contributed by atoms with Gasteiger partial charge in [-0.05, 0) is 61.0 Å². The molecule has 1 aliphatic heterocycles. The van der Waals surface area contributed by atoms with E-state index in [0.717, 1.165) is 16.9 Å². The number of carbonyl (C=O) groups is 2. The molecule has 0 aliphatic carbocycles. The monoisotopic (exact) mass is 355 g/mol. The third-order valence-corrected chi connectivity index (χ3v) is 4.50. The third-order valence-electron chi connectivity index (χ3n) is 4.50. The van der Waals surface area contributed by atoms with E-state index in [-0.39, 0.29) is 11.8 Å².